The van der Waals surface area contributed by atoms with E-state index >= 15 is 0 Å². The van der Waals surface area contributed by atoms with Crippen molar-refractivity contribution in [2.75, 3.05) is 31.0 Å². The van der Waals surface area contributed by atoms with E-state index in [0.717, 1.165) is 17.4 Å². The molecule has 14 heteroatoms. The van der Waals surface area contributed by atoms with Crippen molar-refractivity contribution >= 4 is 23.5 Å². The van der Waals surface area contributed by atoms with Crippen molar-refractivity contribution in [3.05, 3.63) is 83.3 Å². The number of carbonyl (C=O) groups is 2. The van der Waals surface area contributed by atoms with Gasteiger partial charge in [-0.1, -0.05) is 18.2 Å². The van der Waals surface area contributed by atoms with E-state index < -0.39 is 29.2 Å². The number of hydrogen-bond acceptors (Lipinski definition) is 9. The van der Waals surface area contributed by atoms with Gasteiger partial charge in [0.15, 0.2) is 11.6 Å². The zero-order valence-corrected chi connectivity index (χ0v) is 28.0. The molecule has 0 atom stereocenters. The molecule has 4 aromatic rings. The Bertz CT molecular complexity index is 1780. The number of methoxy groups -OCH3 is 1. The number of nitrogens with one attached hydrogen (secondary N) is 2. The number of alkyl halides is 3. The summed E-state index contributed by atoms with van der Waals surface area (Å²) >= 11 is 0. The first kappa shape index (κ1) is 36.4. The summed E-state index contributed by atoms with van der Waals surface area (Å²) in [5, 5.41) is 4.93. The number of benzene rings is 2. The van der Waals surface area contributed by atoms with Gasteiger partial charge in [-0.2, -0.15) is 13.2 Å². The maximum Gasteiger partial charge on any atom is 0.416 e. The molecule has 2 aromatic heterocycles. The first-order chi connectivity index (χ1) is 23.2. The number of ether oxygens (including phenoxy) is 4. The van der Waals surface area contributed by atoms with Gasteiger partial charge in [0, 0.05) is 17.4 Å². The van der Waals surface area contributed by atoms with E-state index in [9.17, 15) is 22.8 Å². The molecule has 0 radical (unpaired) electrons. The molecule has 11 nitrogen and oxygen atoms in total. The third kappa shape index (κ3) is 9.58. The van der Waals surface area contributed by atoms with E-state index in [1.165, 1.54) is 32.2 Å². The second-order valence-corrected chi connectivity index (χ2v) is 11.5. The van der Waals surface area contributed by atoms with Gasteiger partial charge in [-0.25, -0.2) is 19.7 Å². The molecule has 0 aliphatic rings. The molecule has 0 saturated heterocycles. The monoisotopic (exact) mass is 681 g/mol. The highest BCUT2D eigenvalue weighted by Crippen LogP contribution is 2.37. The maximum absolute atomic E-state index is 14.0. The smallest absolute Gasteiger partial charge is 0.416 e. The minimum atomic E-state index is -4.73. The summed E-state index contributed by atoms with van der Waals surface area (Å²) in [6, 6.07) is 11.7. The van der Waals surface area contributed by atoms with Crippen LogP contribution in [0.3, 0.4) is 0 Å². The molecular weight excluding hydrogens is 643 g/mol. The molecule has 0 fully saturated rings. The summed E-state index contributed by atoms with van der Waals surface area (Å²) in [7, 11) is 1.59. The van der Waals surface area contributed by atoms with E-state index in [4.69, 9.17) is 18.9 Å². The quantitative estimate of drug-likeness (QED) is 0.137. The lowest BCUT2D eigenvalue weighted by Crippen LogP contribution is -2.30. The fraction of sp³-hybridized carbons (Fsp3) is 0.343. The van der Waals surface area contributed by atoms with Gasteiger partial charge in [-0.15, -0.1) is 0 Å². The highest BCUT2D eigenvalue weighted by molar-refractivity contribution is 5.99. The lowest BCUT2D eigenvalue weighted by molar-refractivity contribution is -0.154. The molecular formula is C35H38F3N5O6. The van der Waals surface area contributed by atoms with Gasteiger partial charge < -0.3 is 24.3 Å². The molecule has 2 amide bonds. The van der Waals surface area contributed by atoms with Crippen LogP contribution in [0.5, 0.6) is 17.4 Å². The molecule has 0 spiro atoms. The van der Waals surface area contributed by atoms with E-state index in [0.29, 0.717) is 35.2 Å². The number of anilines is 2. The number of esters is 1. The second-order valence-electron chi connectivity index (χ2n) is 11.5. The summed E-state index contributed by atoms with van der Waals surface area (Å²) < 4.78 is 63.9. The number of halogens is 3. The number of urea groups is 1. The number of nitrogens with zero attached hydrogens (tertiary/aromatic N) is 3. The Kier molecular flexibility index (Phi) is 11.6. The number of rotatable bonds is 13. The van der Waals surface area contributed by atoms with Gasteiger partial charge in [0.1, 0.15) is 12.4 Å². The molecule has 49 heavy (non-hydrogen) atoms. The maximum atomic E-state index is 14.0. The topological polar surface area (TPSA) is 134 Å². The van der Waals surface area contributed by atoms with Crippen LogP contribution in [-0.4, -0.2) is 47.3 Å². The Balaban J connectivity index is 1.46. The number of pyridine rings is 1. The molecule has 0 aliphatic carbocycles. The highest BCUT2D eigenvalue weighted by atomic mass is 19.4. The van der Waals surface area contributed by atoms with Crippen molar-refractivity contribution in [1.29, 1.82) is 0 Å². The number of hydrogen-bond donors (Lipinski definition) is 2. The zero-order valence-electron chi connectivity index (χ0n) is 28.0. The predicted molar refractivity (Wildman–Crippen MR) is 177 cm³/mol. The van der Waals surface area contributed by atoms with Gasteiger partial charge >= 0.3 is 18.2 Å². The van der Waals surface area contributed by atoms with Crippen LogP contribution in [0.2, 0.25) is 0 Å². The predicted octanol–water partition coefficient (Wildman–Crippen LogP) is 7.63. The third-order valence-electron chi connectivity index (χ3n) is 7.26. The van der Waals surface area contributed by atoms with Crippen molar-refractivity contribution in [2.45, 2.75) is 53.8 Å². The summed E-state index contributed by atoms with van der Waals surface area (Å²) in [6.45, 7) is 8.85. The second kappa shape index (κ2) is 15.7. The van der Waals surface area contributed by atoms with Gasteiger partial charge in [0.2, 0.25) is 0 Å². The summed E-state index contributed by atoms with van der Waals surface area (Å²) in [4.78, 5) is 38.3. The Labute approximate surface area is 282 Å². The molecule has 2 heterocycles. The van der Waals surface area contributed by atoms with Crippen LogP contribution in [0.15, 0.2) is 60.9 Å². The van der Waals surface area contributed by atoms with E-state index in [1.807, 2.05) is 31.2 Å². The minimum Gasteiger partial charge on any atom is -0.497 e. The van der Waals surface area contributed by atoms with Crippen LogP contribution in [0.4, 0.5) is 29.5 Å². The normalized spacial score (nSPS) is 11.4. The molecule has 0 unspecified atom stereocenters. The van der Waals surface area contributed by atoms with Crippen LogP contribution >= 0.6 is 0 Å². The fourth-order valence-corrected chi connectivity index (χ4v) is 4.77. The molecule has 0 aliphatic heterocycles. The zero-order chi connectivity index (χ0) is 35.8. The van der Waals surface area contributed by atoms with Crippen LogP contribution < -0.4 is 24.8 Å². The number of carbonyl (C=O) groups excluding carboxylic acids is 2. The minimum absolute atomic E-state index is 0.0996. The van der Waals surface area contributed by atoms with E-state index in [2.05, 4.69) is 25.6 Å². The third-order valence-corrected chi connectivity index (χ3v) is 7.26. The van der Waals surface area contributed by atoms with Crippen molar-refractivity contribution in [1.82, 2.24) is 15.0 Å². The average Bonchev–Trinajstić information content (AvgIpc) is 3.05. The van der Waals surface area contributed by atoms with Crippen molar-refractivity contribution in [3.63, 3.8) is 0 Å². The van der Waals surface area contributed by atoms with Crippen molar-refractivity contribution < 1.29 is 41.7 Å². The Hall–Kier alpha value is -5.40. The average molecular weight is 682 g/mol. The van der Waals surface area contributed by atoms with Crippen LogP contribution in [-0.2, 0) is 28.7 Å². The first-order valence-electron chi connectivity index (χ1n) is 15.4. The van der Waals surface area contributed by atoms with Crippen LogP contribution in [0.25, 0.3) is 11.3 Å². The van der Waals surface area contributed by atoms with Gasteiger partial charge in [-0.3, -0.25) is 10.1 Å². The molecule has 0 saturated carbocycles. The van der Waals surface area contributed by atoms with Crippen LogP contribution in [0, 0.1) is 12.3 Å². The highest BCUT2D eigenvalue weighted by Gasteiger charge is 2.37. The Morgan fingerprint density at radius 2 is 1.63 bits per heavy atom. The standard InChI is InChI=1S/C35H38F3N5O6/c1-7-47-29-15-24(18-40-31(29)49-20-22-9-13-26(46-6)14-10-22)28-19-39-30(21(3)41-28)43-33(45)42-25-12-11-23(27(16-25)35(36,37)38)17-34(4,5)32(44)48-8-2/h9-16,18-19H,7-8,17,20H2,1-6H3,(H2,39,42,43,45). The van der Waals surface area contributed by atoms with Gasteiger partial charge in [0.25, 0.3) is 5.88 Å². The Morgan fingerprint density at radius 3 is 2.27 bits per heavy atom. The summed E-state index contributed by atoms with van der Waals surface area (Å²) in [5.74, 6) is 0.930. The molecule has 260 valence electrons. The number of aryl methyl sites for hydroxylation is 1. The van der Waals surface area contributed by atoms with E-state index in [-0.39, 0.29) is 36.7 Å². The summed E-state index contributed by atoms with van der Waals surface area (Å²) in [6.07, 6.45) is -1.96. The van der Waals surface area contributed by atoms with E-state index in [1.54, 1.807) is 33.2 Å². The SMILES string of the molecule is CCOC(=O)C(C)(C)Cc1ccc(NC(=O)Nc2ncc(-c3cnc(OCc4ccc(OC)cc4)c(OCC)c3)nc2C)cc1C(F)(F)F. The van der Waals surface area contributed by atoms with Crippen LogP contribution in [0.1, 0.15) is 50.1 Å². The number of amides is 2. The van der Waals surface area contributed by atoms with Gasteiger partial charge in [0.05, 0.1) is 48.9 Å². The lowest BCUT2D eigenvalue weighted by Gasteiger charge is -2.24. The molecule has 0 bridgehead atoms. The number of aromatic nitrogens is 3. The van der Waals surface area contributed by atoms with Crippen molar-refractivity contribution in [3.8, 4) is 28.6 Å². The van der Waals surface area contributed by atoms with Crippen molar-refractivity contribution in [2.24, 2.45) is 5.41 Å². The lowest BCUT2D eigenvalue weighted by atomic mass is 9.84. The summed E-state index contributed by atoms with van der Waals surface area (Å²) in [5.41, 5.74) is -0.0959. The largest absolute Gasteiger partial charge is 0.497 e. The van der Waals surface area contributed by atoms with Gasteiger partial charge in [-0.05, 0) is 82.5 Å². The fourth-order valence-electron chi connectivity index (χ4n) is 4.77. The molecule has 4 rings (SSSR count). The Morgan fingerprint density at radius 1 is 0.898 bits per heavy atom. The first-order valence-corrected chi connectivity index (χ1v) is 15.4. The molecule has 2 aromatic carbocycles. The molecule has 2 N–H and O–H groups in total.